The molecule has 0 bridgehead atoms. The van der Waals surface area contributed by atoms with Gasteiger partial charge < -0.3 is 15.5 Å². The van der Waals surface area contributed by atoms with Crippen molar-refractivity contribution in [1.82, 2.24) is 10.3 Å². The molecule has 12 heteroatoms. The average molecular weight is 551 g/mol. The number of benzene rings is 2. The van der Waals surface area contributed by atoms with Gasteiger partial charge in [-0.1, -0.05) is 18.2 Å². The van der Waals surface area contributed by atoms with E-state index >= 15 is 0 Å². The van der Waals surface area contributed by atoms with Crippen molar-refractivity contribution in [2.45, 2.75) is 31.1 Å². The van der Waals surface area contributed by atoms with Gasteiger partial charge in [-0.2, -0.15) is 26.3 Å². The van der Waals surface area contributed by atoms with Crippen LogP contribution in [0.1, 0.15) is 23.5 Å². The molecule has 6 rings (SSSR count). The van der Waals surface area contributed by atoms with Crippen LogP contribution in [0, 0.1) is 5.92 Å². The first-order valence-electron chi connectivity index (χ1n) is 12.4. The Balaban J connectivity index is 0.000000220. The largest absolute Gasteiger partial charge is 0.458 e. The first-order valence-corrected chi connectivity index (χ1v) is 12.4. The van der Waals surface area contributed by atoms with E-state index in [4.69, 9.17) is 0 Å². The van der Waals surface area contributed by atoms with E-state index in [1.165, 1.54) is 48.3 Å². The highest BCUT2D eigenvalue weighted by atomic mass is 19.4. The molecule has 3 aromatic rings. The van der Waals surface area contributed by atoms with Crippen LogP contribution in [0.2, 0.25) is 0 Å². The molecule has 1 aromatic heterocycles. The Labute approximate surface area is 219 Å². The fourth-order valence-electron chi connectivity index (χ4n) is 5.54. The highest BCUT2D eigenvalue weighted by Gasteiger charge is 2.54. The molecule has 0 aliphatic carbocycles. The van der Waals surface area contributed by atoms with Crippen LogP contribution in [0.3, 0.4) is 0 Å². The van der Waals surface area contributed by atoms with E-state index in [1.807, 2.05) is 12.3 Å². The van der Waals surface area contributed by atoms with Crippen LogP contribution in [0.5, 0.6) is 0 Å². The number of hydrogen-bond donors (Lipinski definition) is 2. The lowest BCUT2D eigenvalue weighted by molar-refractivity contribution is -0.193. The molecule has 39 heavy (non-hydrogen) atoms. The van der Waals surface area contributed by atoms with Gasteiger partial charge in [0.2, 0.25) is 0 Å². The van der Waals surface area contributed by atoms with Crippen LogP contribution in [0.4, 0.5) is 43.4 Å². The van der Waals surface area contributed by atoms with Gasteiger partial charge in [-0.05, 0) is 54.2 Å². The monoisotopic (exact) mass is 550 g/mol. The van der Waals surface area contributed by atoms with E-state index in [2.05, 4.69) is 56.9 Å². The summed E-state index contributed by atoms with van der Waals surface area (Å²) in [4.78, 5) is 26.5. The molecule has 0 amide bonds. The number of fused-ring (bicyclic) bond motifs is 3. The number of pyridine rings is 1. The van der Waals surface area contributed by atoms with E-state index in [0.29, 0.717) is 5.92 Å². The second kappa shape index (κ2) is 10.1. The lowest BCUT2D eigenvalue weighted by Crippen LogP contribution is -2.41. The third-order valence-electron chi connectivity index (χ3n) is 7.20. The molecule has 0 spiro atoms. The summed E-state index contributed by atoms with van der Waals surface area (Å²) in [5, 5.41) is 8.43. The molecule has 3 aliphatic heterocycles. The molecule has 1 fully saturated rings. The van der Waals surface area contributed by atoms with Gasteiger partial charge >= 0.3 is 23.9 Å². The summed E-state index contributed by atoms with van der Waals surface area (Å²) >= 11 is 0. The highest BCUT2D eigenvalue weighted by Crippen LogP contribution is 2.46. The van der Waals surface area contributed by atoms with E-state index in [0.717, 1.165) is 30.2 Å². The van der Waals surface area contributed by atoms with Crippen LogP contribution in [0.25, 0.3) is 10.9 Å². The molecule has 2 aromatic carbocycles. The molecule has 4 heterocycles. The number of hydrogen-bond acceptors (Lipinski definition) is 6. The van der Waals surface area contributed by atoms with E-state index in [1.54, 1.807) is 5.56 Å². The molecule has 0 saturated carbocycles. The first-order chi connectivity index (χ1) is 18.4. The maximum atomic E-state index is 11.2. The van der Waals surface area contributed by atoms with Crippen molar-refractivity contribution in [3.05, 3.63) is 59.8 Å². The average Bonchev–Trinajstić information content (AvgIpc) is 3.36. The van der Waals surface area contributed by atoms with Crippen LogP contribution in [-0.2, 0) is 16.0 Å². The second-order valence-corrected chi connectivity index (χ2v) is 9.84. The summed E-state index contributed by atoms with van der Waals surface area (Å²) in [5.74, 6) is -5.41. The topological polar surface area (TPSA) is 74.3 Å². The number of halogens is 6. The summed E-state index contributed by atoms with van der Waals surface area (Å²) in [6, 6.07) is 15.2. The Morgan fingerprint density at radius 3 is 2.38 bits per heavy atom. The van der Waals surface area contributed by atoms with Gasteiger partial charge in [-0.15, -0.1) is 0 Å². The fourth-order valence-corrected chi connectivity index (χ4v) is 5.54. The third kappa shape index (κ3) is 5.56. The minimum atomic E-state index is -5.77. The second-order valence-electron chi connectivity index (χ2n) is 9.84. The number of Topliss-reactive ketones (excluding diaryl/α,β-unsaturated/α-hetero) is 2. The molecule has 1 saturated heterocycles. The van der Waals surface area contributed by atoms with Crippen molar-refractivity contribution >= 4 is 39.5 Å². The van der Waals surface area contributed by atoms with E-state index in [-0.39, 0.29) is 0 Å². The van der Waals surface area contributed by atoms with E-state index in [9.17, 15) is 35.9 Å². The van der Waals surface area contributed by atoms with Gasteiger partial charge in [-0.3, -0.25) is 14.6 Å². The lowest BCUT2D eigenvalue weighted by atomic mass is 9.80. The third-order valence-corrected chi connectivity index (χ3v) is 7.20. The minimum absolute atomic E-state index is 0.657. The van der Waals surface area contributed by atoms with Gasteiger partial charge in [-0.25, -0.2) is 0 Å². The molecular formula is C27H24F6N4O2. The van der Waals surface area contributed by atoms with Crippen molar-refractivity contribution in [2.24, 2.45) is 5.92 Å². The van der Waals surface area contributed by atoms with Crippen molar-refractivity contribution in [3.8, 4) is 0 Å². The van der Waals surface area contributed by atoms with Crippen LogP contribution in [0.15, 0.2) is 48.7 Å². The summed E-state index contributed by atoms with van der Waals surface area (Å²) < 4.78 is 67.0. The van der Waals surface area contributed by atoms with Crippen molar-refractivity contribution in [3.63, 3.8) is 0 Å². The zero-order valence-corrected chi connectivity index (χ0v) is 20.5. The van der Waals surface area contributed by atoms with Crippen molar-refractivity contribution < 1.29 is 35.9 Å². The zero-order chi connectivity index (χ0) is 27.9. The Morgan fingerprint density at radius 1 is 0.949 bits per heavy atom. The fraction of sp³-hybridized carbons (Fsp3) is 0.370. The number of nitrogens with one attached hydrogen (secondary N) is 2. The van der Waals surface area contributed by atoms with E-state index < -0.39 is 23.9 Å². The number of para-hydroxylation sites is 1. The summed E-state index contributed by atoms with van der Waals surface area (Å²) in [6.07, 6.45) is -7.15. The summed E-state index contributed by atoms with van der Waals surface area (Å²) in [7, 11) is 0. The molecule has 3 aliphatic rings. The van der Waals surface area contributed by atoms with Gasteiger partial charge in [0.15, 0.2) is 0 Å². The SMILES string of the molecule is O=C(C(=O)C(F)(F)F)C(F)(F)F.c1ccc2ncc(Nc3cc4c5c(c3)[C@@H]3CNC[C@@H]3CN5CCC4)cc2c1. The van der Waals surface area contributed by atoms with Crippen molar-refractivity contribution in [1.29, 1.82) is 0 Å². The van der Waals surface area contributed by atoms with Crippen LogP contribution < -0.4 is 15.5 Å². The number of carbonyl (C=O) groups excluding carboxylic acids is 2. The number of anilines is 3. The normalized spacial score (nSPS) is 20.0. The maximum absolute atomic E-state index is 11.2. The minimum Gasteiger partial charge on any atom is -0.371 e. The number of aromatic nitrogens is 1. The van der Waals surface area contributed by atoms with Gasteiger partial charge in [0.05, 0.1) is 17.4 Å². The number of alkyl halides is 6. The predicted molar refractivity (Wildman–Crippen MR) is 133 cm³/mol. The van der Waals surface area contributed by atoms with Gasteiger partial charge in [0.1, 0.15) is 0 Å². The Bertz CT molecular complexity index is 1400. The molecule has 2 N–H and O–H groups in total. The number of nitrogens with zero attached hydrogens (tertiary/aromatic N) is 2. The Kier molecular flexibility index (Phi) is 7.00. The summed E-state index contributed by atoms with van der Waals surface area (Å²) in [5.41, 5.74) is 7.90. The summed E-state index contributed by atoms with van der Waals surface area (Å²) in [6.45, 7) is 4.71. The number of aryl methyl sites for hydroxylation is 1. The highest BCUT2D eigenvalue weighted by molar-refractivity contribution is 6.41. The number of carbonyl (C=O) groups is 2. The smallest absolute Gasteiger partial charge is 0.371 e. The van der Waals surface area contributed by atoms with Gasteiger partial charge in [0, 0.05) is 48.9 Å². The van der Waals surface area contributed by atoms with Crippen LogP contribution >= 0.6 is 0 Å². The number of rotatable bonds is 3. The quantitative estimate of drug-likeness (QED) is 0.341. The number of ketones is 2. The first kappa shape index (κ1) is 26.9. The Morgan fingerprint density at radius 2 is 1.67 bits per heavy atom. The standard InChI is InChI=1S/C23H24N4.C4F6O2/c1-2-6-22-15(4-1)8-19(12-25-22)26-18-9-16-5-3-7-27-14-17-11-24-13-21(17)20(10-18)23(16)27;5-3(6,7)1(11)2(12)4(8,9)10/h1-2,4,6,8-10,12,17,21,24,26H,3,5,7,11,13-14H2;/t17-,21-;/m1./s1. The molecule has 0 radical (unpaired) electrons. The lowest BCUT2D eigenvalue weighted by Gasteiger charge is -2.42. The predicted octanol–water partition coefficient (Wildman–Crippen LogP) is 5.30. The molecule has 0 unspecified atom stereocenters. The molecule has 206 valence electrons. The molecule has 6 nitrogen and oxygen atoms in total. The van der Waals surface area contributed by atoms with Crippen molar-refractivity contribution in [2.75, 3.05) is 36.4 Å². The maximum Gasteiger partial charge on any atom is 0.458 e. The van der Waals surface area contributed by atoms with Crippen LogP contribution in [-0.4, -0.2) is 55.1 Å². The zero-order valence-electron chi connectivity index (χ0n) is 20.5. The molecular weight excluding hydrogens is 526 g/mol. The van der Waals surface area contributed by atoms with Gasteiger partial charge in [0.25, 0.3) is 0 Å². The Hall–Kier alpha value is -3.67. The molecule has 2 atom stereocenters.